The summed E-state index contributed by atoms with van der Waals surface area (Å²) < 4.78 is 40.0. The molecule has 0 atom stereocenters. The molecule has 0 saturated heterocycles. The molecule has 3 N–H and O–H groups in total. The molecule has 17 heavy (non-hydrogen) atoms. The normalized spacial score (nSPS) is 12.8. The van der Waals surface area contributed by atoms with Crippen LogP contribution in [0.1, 0.15) is 13.8 Å². The molecule has 1 rings (SSSR count). The van der Waals surface area contributed by atoms with E-state index in [1.165, 1.54) is 18.2 Å². The first-order chi connectivity index (χ1) is 7.69. The van der Waals surface area contributed by atoms with Crippen molar-refractivity contribution in [3.63, 3.8) is 0 Å². The first-order valence-electron chi connectivity index (χ1n) is 4.88. The van der Waals surface area contributed by atoms with Crippen molar-refractivity contribution in [2.24, 2.45) is 5.73 Å². The Morgan fingerprint density at radius 3 is 2.59 bits per heavy atom. The van der Waals surface area contributed by atoms with Gasteiger partial charge in [-0.1, -0.05) is 6.07 Å². The van der Waals surface area contributed by atoms with Crippen LogP contribution in [0.3, 0.4) is 0 Å². The summed E-state index contributed by atoms with van der Waals surface area (Å²) in [4.78, 5) is -0.395. The van der Waals surface area contributed by atoms with E-state index in [9.17, 15) is 12.8 Å². The van der Waals surface area contributed by atoms with E-state index in [1.807, 2.05) is 0 Å². The zero-order valence-electron chi connectivity index (χ0n) is 9.50. The van der Waals surface area contributed by atoms with Crippen molar-refractivity contribution >= 4 is 26.0 Å². The van der Waals surface area contributed by atoms with Crippen molar-refractivity contribution < 1.29 is 12.8 Å². The molecule has 0 heterocycles. The van der Waals surface area contributed by atoms with Gasteiger partial charge in [0.1, 0.15) is 4.90 Å². The molecular formula is C10H14BrFN2O2S. The third-order valence-electron chi connectivity index (χ3n) is 2.13. The van der Waals surface area contributed by atoms with E-state index < -0.39 is 26.3 Å². The molecule has 0 unspecified atom stereocenters. The van der Waals surface area contributed by atoms with E-state index in [4.69, 9.17) is 5.73 Å². The Hall–Kier alpha value is -0.500. The number of nitrogens with one attached hydrogen (secondary N) is 1. The molecule has 1 aromatic carbocycles. The molecule has 0 radical (unpaired) electrons. The Morgan fingerprint density at radius 2 is 2.06 bits per heavy atom. The van der Waals surface area contributed by atoms with E-state index >= 15 is 0 Å². The number of benzene rings is 1. The van der Waals surface area contributed by atoms with E-state index in [0.717, 1.165) is 0 Å². The zero-order valence-corrected chi connectivity index (χ0v) is 11.9. The molecule has 0 fully saturated rings. The van der Waals surface area contributed by atoms with Gasteiger partial charge < -0.3 is 5.73 Å². The second-order valence-corrected chi connectivity index (χ2v) is 6.75. The fourth-order valence-electron chi connectivity index (χ4n) is 1.15. The molecule has 0 aliphatic rings. The zero-order chi connectivity index (χ0) is 13.3. The van der Waals surface area contributed by atoms with Gasteiger partial charge in [-0.05, 0) is 41.9 Å². The first kappa shape index (κ1) is 14.6. The number of nitrogens with two attached hydrogens (primary N) is 1. The van der Waals surface area contributed by atoms with Crippen LogP contribution in [0.25, 0.3) is 0 Å². The highest BCUT2D eigenvalue weighted by atomic mass is 79.9. The van der Waals surface area contributed by atoms with Gasteiger partial charge in [0, 0.05) is 12.1 Å². The van der Waals surface area contributed by atoms with Gasteiger partial charge in [-0.15, -0.1) is 0 Å². The van der Waals surface area contributed by atoms with E-state index in [-0.39, 0.29) is 11.0 Å². The fraction of sp³-hybridized carbons (Fsp3) is 0.400. The van der Waals surface area contributed by atoms with Gasteiger partial charge in [-0.3, -0.25) is 0 Å². The predicted molar refractivity (Wildman–Crippen MR) is 67.6 cm³/mol. The Morgan fingerprint density at radius 1 is 1.47 bits per heavy atom. The van der Waals surface area contributed by atoms with Crippen LogP contribution in [-0.2, 0) is 10.0 Å². The average molecular weight is 325 g/mol. The predicted octanol–water partition coefficient (Wildman–Crippen LogP) is 1.60. The monoisotopic (exact) mass is 324 g/mol. The molecular weight excluding hydrogens is 311 g/mol. The minimum absolute atomic E-state index is 0.103. The lowest BCUT2D eigenvalue weighted by Crippen LogP contribution is -2.48. The van der Waals surface area contributed by atoms with Crippen LogP contribution in [-0.4, -0.2) is 20.5 Å². The Kier molecular flexibility index (Phi) is 4.29. The van der Waals surface area contributed by atoms with E-state index in [0.29, 0.717) is 0 Å². The summed E-state index contributed by atoms with van der Waals surface area (Å²) in [5, 5.41) is 0. The van der Waals surface area contributed by atoms with Gasteiger partial charge >= 0.3 is 0 Å². The maximum Gasteiger partial charge on any atom is 0.244 e. The highest BCUT2D eigenvalue weighted by molar-refractivity contribution is 9.10. The Bertz CT molecular complexity index is 517. The van der Waals surface area contributed by atoms with Crippen LogP contribution >= 0.6 is 15.9 Å². The summed E-state index contributed by atoms with van der Waals surface area (Å²) in [6.45, 7) is 3.36. The Balaban J connectivity index is 3.19. The number of halogens is 2. The van der Waals surface area contributed by atoms with Crippen molar-refractivity contribution in [1.29, 1.82) is 0 Å². The summed E-state index contributed by atoms with van der Waals surface area (Å²) >= 11 is 2.94. The van der Waals surface area contributed by atoms with Crippen LogP contribution in [0.5, 0.6) is 0 Å². The summed E-state index contributed by atoms with van der Waals surface area (Å²) in [5.74, 6) is -0.812. The topological polar surface area (TPSA) is 72.2 Å². The molecule has 0 aliphatic carbocycles. The Labute approximate surface area is 109 Å². The van der Waals surface area contributed by atoms with E-state index in [1.54, 1.807) is 13.8 Å². The fourth-order valence-corrected chi connectivity index (χ4v) is 3.17. The third-order valence-corrected chi connectivity index (χ3v) is 4.45. The molecule has 0 saturated carbocycles. The lowest BCUT2D eigenvalue weighted by Gasteiger charge is -2.24. The highest BCUT2D eigenvalue weighted by Crippen LogP contribution is 2.23. The molecule has 0 amide bonds. The molecule has 7 heteroatoms. The van der Waals surface area contributed by atoms with Gasteiger partial charge in [0.2, 0.25) is 10.0 Å². The quantitative estimate of drug-likeness (QED) is 0.883. The third kappa shape index (κ3) is 3.48. The van der Waals surface area contributed by atoms with Crippen molar-refractivity contribution in [3.8, 4) is 0 Å². The maximum atomic E-state index is 13.7. The van der Waals surface area contributed by atoms with Crippen LogP contribution < -0.4 is 10.5 Å². The van der Waals surface area contributed by atoms with Crippen molar-refractivity contribution in [2.45, 2.75) is 24.3 Å². The summed E-state index contributed by atoms with van der Waals surface area (Å²) in [6, 6.07) is 4.09. The van der Waals surface area contributed by atoms with Gasteiger partial charge in [-0.2, -0.15) is 0 Å². The lowest BCUT2D eigenvalue weighted by molar-refractivity contribution is 0.459. The van der Waals surface area contributed by atoms with Crippen LogP contribution in [0.4, 0.5) is 4.39 Å². The molecule has 0 aliphatic heterocycles. The van der Waals surface area contributed by atoms with Gasteiger partial charge in [-0.25, -0.2) is 17.5 Å². The second-order valence-electron chi connectivity index (χ2n) is 4.25. The molecule has 4 nitrogen and oxygen atoms in total. The van der Waals surface area contributed by atoms with Crippen LogP contribution in [0.2, 0.25) is 0 Å². The number of rotatable bonds is 4. The summed E-state index contributed by atoms with van der Waals surface area (Å²) in [7, 11) is -3.92. The largest absolute Gasteiger partial charge is 0.329 e. The van der Waals surface area contributed by atoms with Gasteiger partial charge in [0.25, 0.3) is 0 Å². The lowest BCUT2D eigenvalue weighted by atomic mass is 10.1. The maximum absolute atomic E-state index is 13.7. The van der Waals surface area contributed by atoms with Crippen molar-refractivity contribution in [3.05, 3.63) is 28.5 Å². The number of hydrogen-bond acceptors (Lipinski definition) is 3. The summed E-state index contributed by atoms with van der Waals surface area (Å²) in [6.07, 6.45) is 0. The molecule has 0 bridgehead atoms. The average Bonchev–Trinajstić information content (AvgIpc) is 2.20. The standard InChI is InChI=1S/C10H14BrFN2O2S/c1-10(2,6-13)14-17(15,16)8-5-3-4-7(11)9(8)12/h3-5,14H,6,13H2,1-2H3. The van der Waals surface area contributed by atoms with Crippen molar-refractivity contribution in [1.82, 2.24) is 4.72 Å². The van der Waals surface area contributed by atoms with E-state index in [2.05, 4.69) is 20.7 Å². The number of hydrogen-bond donors (Lipinski definition) is 2. The number of sulfonamides is 1. The molecule has 96 valence electrons. The minimum atomic E-state index is -3.92. The SMILES string of the molecule is CC(C)(CN)NS(=O)(=O)c1cccc(Br)c1F. The van der Waals surface area contributed by atoms with Gasteiger partial charge in [0.15, 0.2) is 5.82 Å². The molecule has 0 spiro atoms. The molecule has 1 aromatic rings. The van der Waals surface area contributed by atoms with Crippen LogP contribution in [0.15, 0.2) is 27.6 Å². The van der Waals surface area contributed by atoms with Crippen molar-refractivity contribution in [2.75, 3.05) is 6.54 Å². The smallest absolute Gasteiger partial charge is 0.244 e. The highest BCUT2D eigenvalue weighted by Gasteiger charge is 2.27. The first-order valence-corrected chi connectivity index (χ1v) is 7.15. The molecule has 0 aromatic heterocycles. The second kappa shape index (κ2) is 5.01. The summed E-state index contributed by atoms with van der Waals surface area (Å²) in [5.41, 5.74) is 4.60. The minimum Gasteiger partial charge on any atom is -0.329 e. The van der Waals surface area contributed by atoms with Crippen LogP contribution in [0, 0.1) is 5.82 Å². The van der Waals surface area contributed by atoms with Gasteiger partial charge in [0.05, 0.1) is 4.47 Å².